The van der Waals surface area contributed by atoms with Crippen molar-refractivity contribution in [2.75, 3.05) is 7.05 Å². The number of amides is 2. The predicted molar refractivity (Wildman–Crippen MR) is 110 cm³/mol. The highest BCUT2D eigenvalue weighted by Crippen LogP contribution is 2.31. The van der Waals surface area contributed by atoms with E-state index in [9.17, 15) is 9.59 Å². The van der Waals surface area contributed by atoms with Gasteiger partial charge >= 0.3 is 0 Å². The van der Waals surface area contributed by atoms with E-state index in [0.717, 1.165) is 12.8 Å². The number of benzene rings is 2. The Labute approximate surface area is 169 Å². The van der Waals surface area contributed by atoms with Crippen LogP contribution in [0.1, 0.15) is 37.0 Å². The molecule has 1 saturated heterocycles. The van der Waals surface area contributed by atoms with Crippen LogP contribution in [0.4, 0.5) is 0 Å². The minimum Gasteiger partial charge on any atom is -0.360 e. The van der Waals surface area contributed by atoms with Gasteiger partial charge in [-0.2, -0.15) is 0 Å². The van der Waals surface area contributed by atoms with Crippen LogP contribution in [0.3, 0.4) is 0 Å². The fourth-order valence-corrected chi connectivity index (χ4v) is 4.10. The zero-order chi connectivity index (χ0) is 20.3. The van der Waals surface area contributed by atoms with Crippen molar-refractivity contribution in [3.63, 3.8) is 0 Å². The topological polar surface area (TPSA) is 75.4 Å². The van der Waals surface area contributed by atoms with E-state index in [1.165, 1.54) is 16.3 Å². The van der Waals surface area contributed by atoms with Crippen molar-refractivity contribution in [3.8, 4) is 0 Å². The summed E-state index contributed by atoms with van der Waals surface area (Å²) >= 11 is 0. The zero-order valence-corrected chi connectivity index (χ0v) is 16.6. The van der Waals surface area contributed by atoms with E-state index in [0.29, 0.717) is 31.6 Å². The first kappa shape index (κ1) is 19.2. The summed E-state index contributed by atoms with van der Waals surface area (Å²) in [5, 5.41) is 9.22. The standard InChI is InChI=1S/C23H25N3O3/c1-26(16-20-10-13-24-29-20)22(28)9-12-23(11-8-21(27)25-23)15-17-6-7-18-4-2-3-5-19(18)14-17/h2-7,10,13-14H,8-9,11-12,15-16H2,1H3,(H,25,27). The molecule has 1 atom stereocenters. The van der Waals surface area contributed by atoms with Crippen LogP contribution in [0.15, 0.2) is 59.3 Å². The molecule has 0 aliphatic carbocycles. The monoisotopic (exact) mass is 391 g/mol. The first-order chi connectivity index (χ1) is 14.0. The van der Waals surface area contributed by atoms with Gasteiger partial charge in [0.1, 0.15) is 0 Å². The number of aromatic nitrogens is 1. The molecule has 0 radical (unpaired) electrons. The number of nitrogens with one attached hydrogen (secondary N) is 1. The summed E-state index contributed by atoms with van der Waals surface area (Å²) < 4.78 is 5.08. The van der Waals surface area contributed by atoms with Crippen molar-refractivity contribution in [2.45, 2.75) is 44.2 Å². The zero-order valence-electron chi connectivity index (χ0n) is 16.6. The lowest BCUT2D eigenvalue weighted by molar-refractivity contribution is -0.131. The Balaban J connectivity index is 1.45. The molecule has 6 heteroatoms. The molecular weight excluding hydrogens is 366 g/mol. The number of carbonyl (C=O) groups is 2. The van der Waals surface area contributed by atoms with Gasteiger partial charge < -0.3 is 14.7 Å². The normalized spacial score (nSPS) is 18.7. The number of fused-ring (bicyclic) bond motifs is 1. The third-order valence-corrected chi connectivity index (χ3v) is 5.72. The number of hydrogen-bond acceptors (Lipinski definition) is 4. The van der Waals surface area contributed by atoms with Gasteiger partial charge in [0, 0.05) is 31.5 Å². The molecule has 1 aromatic heterocycles. The average molecular weight is 391 g/mol. The van der Waals surface area contributed by atoms with Gasteiger partial charge in [0.05, 0.1) is 12.7 Å². The van der Waals surface area contributed by atoms with Gasteiger partial charge in [-0.25, -0.2) is 0 Å². The van der Waals surface area contributed by atoms with Crippen molar-refractivity contribution in [1.82, 2.24) is 15.4 Å². The maximum Gasteiger partial charge on any atom is 0.222 e. The Morgan fingerprint density at radius 2 is 2.03 bits per heavy atom. The van der Waals surface area contributed by atoms with E-state index < -0.39 is 0 Å². The first-order valence-corrected chi connectivity index (χ1v) is 9.95. The van der Waals surface area contributed by atoms with Crippen molar-refractivity contribution < 1.29 is 14.1 Å². The Bertz CT molecular complexity index is 1020. The van der Waals surface area contributed by atoms with Gasteiger partial charge in [-0.3, -0.25) is 9.59 Å². The molecule has 2 aromatic carbocycles. The van der Waals surface area contributed by atoms with Crippen molar-refractivity contribution in [2.24, 2.45) is 0 Å². The van der Waals surface area contributed by atoms with E-state index in [1.807, 2.05) is 12.1 Å². The molecule has 150 valence electrons. The summed E-state index contributed by atoms with van der Waals surface area (Å²) in [6, 6.07) is 16.4. The van der Waals surface area contributed by atoms with Gasteiger partial charge in [0.15, 0.2) is 5.76 Å². The second kappa shape index (κ2) is 8.07. The molecule has 1 unspecified atom stereocenters. The lowest BCUT2D eigenvalue weighted by atomic mass is 9.84. The molecule has 1 aliphatic heterocycles. The third kappa shape index (κ3) is 4.47. The minimum atomic E-state index is -0.373. The minimum absolute atomic E-state index is 0.0282. The maximum atomic E-state index is 12.6. The Morgan fingerprint density at radius 3 is 2.76 bits per heavy atom. The molecule has 1 fully saturated rings. The molecular formula is C23H25N3O3. The second-order valence-corrected chi connectivity index (χ2v) is 7.92. The summed E-state index contributed by atoms with van der Waals surface area (Å²) in [5.74, 6) is 0.745. The van der Waals surface area contributed by atoms with E-state index in [-0.39, 0.29) is 17.4 Å². The van der Waals surface area contributed by atoms with Crippen molar-refractivity contribution in [3.05, 3.63) is 66.1 Å². The van der Waals surface area contributed by atoms with Gasteiger partial charge in [0.2, 0.25) is 11.8 Å². The lowest BCUT2D eigenvalue weighted by Crippen LogP contribution is -2.44. The molecule has 0 bridgehead atoms. The van der Waals surface area contributed by atoms with E-state index >= 15 is 0 Å². The summed E-state index contributed by atoms with van der Waals surface area (Å²) in [6.45, 7) is 0.392. The summed E-state index contributed by atoms with van der Waals surface area (Å²) in [7, 11) is 1.76. The molecule has 1 N–H and O–H groups in total. The van der Waals surface area contributed by atoms with Crippen molar-refractivity contribution >= 4 is 22.6 Å². The molecule has 6 nitrogen and oxygen atoms in total. The van der Waals surface area contributed by atoms with Crippen LogP contribution in [0, 0.1) is 0 Å². The molecule has 0 saturated carbocycles. The van der Waals surface area contributed by atoms with Crippen LogP contribution < -0.4 is 5.32 Å². The smallest absolute Gasteiger partial charge is 0.222 e. The number of hydrogen-bond donors (Lipinski definition) is 1. The molecule has 3 aromatic rings. The van der Waals surface area contributed by atoms with Gasteiger partial charge in [0.25, 0.3) is 0 Å². The highest BCUT2D eigenvalue weighted by atomic mass is 16.5. The first-order valence-electron chi connectivity index (χ1n) is 9.95. The summed E-state index contributed by atoms with van der Waals surface area (Å²) in [5.41, 5.74) is 0.802. The van der Waals surface area contributed by atoms with Crippen LogP contribution in [-0.2, 0) is 22.6 Å². The highest BCUT2D eigenvalue weighted by Gasteiger charge is 2.38. The third-order valence-electron chi connectivity index (χ3n) is 5.72. The van der Waals surface area contributed by atoms with Crippen molar-refractivity contribution in [1.29, 1.82) is 0 Å². The largest absolute Gasteiger partial charge is 0.360 e. The van der Waals surface area contributed by atoms with Crippen LogP contribution in [0.5, 0.6) is 0 Å². The van der Waals surface area contributed by atoms with Crippen LogP contribution in [0.25, 0.3) is 10.8 Å². The van der Waals surface area contributed by atoms with Gasteiger partial charge in [-0.05, 0) is 35.6 Å². The number of nitrogens with zero attached hydrogens (tertiary/aromatic N) is 2. The Kier molecular flexibility index (Phi) is 5.34. The second-order valence-electron chi connectivity index (χ2n) is 7.92. The van der Waals surface area contributed by atoms with Gasteiger partial charge in [-0.15, -0.1) is 0 Å². The molecule has 4 rings (SSSR count). The number of rotatable bonds is 7. The lowest BCUT2D eigenvalue weighted by Gasteiger charge is -2.30. The average Bonchev–Trinajstić information content (AvgIpc) is 3.36. The van der Waals surface area contributed by atoms with E-state index in [4.69, 9.17) is 4.52 Å². The molecule has 29 heavy (non-hydrogen) atoms. The fourth-order valence-electron chi connectivity index (χ4n) is 4.10. The van der Waals surface area contributed by atoms with E-state index in [2.05, 4.69) is 40.8 Å². The molecule has 2 heterocycles. The summed E-state index contributed by atoms with van der Waals surface area (Å²) in [6.07, 6.45) is 4.54. The van der Waals surface area contributed by atoms with Crippen LogP contribution in [-0.4, -0.2) is 34.5 Å². The Morgan fingerprint density at radius 1 is 1.21 bits per heavy atom. The van der Waals surface area contributed by atoms with Gasteiger partial charge in [-0.1, -0.05) is 47.6 Å². The SMILES string of the molecule is CN(Cc1ccno1)C(=O)CCC1(Cc2ccc3ccccc3c2)CCC(=O)N1. The van der Waals surface area contributed by atoms with Crippen LogP contribution >= 0.6 is 0 Å². The predicted octanol–water partition coefficient (Wildman–Crippen LogP) is 3.46. The fraction of sp³-hybridized carbons (Fsp3) is 0.348. The molecule has 1 aliphatic rings. The quantitative estimate of drug-likeness (QED) is 0.669. The maximum absolute atomic E-state index is 12.6. The molecule has 2 amide bonds. The highest BCUT2D eigenvalue weighted by molar-refractivity contribution is 5.83. The number of carbonyl (C=O) groups excluding carboxylic acids is 2. The van der Waals surface area contributed by atoms with E-state index in [1.54, 1.807) is 24.2 Å². The van der Waals surface area contributed by atoms with Crippen LogP contribution in [0.2, 0.25) is 0 Å². The summed E-state index contributed by atoms with van der Waals surface area (Å²) in [4.78, 5) is 26.3. The molecule has 0 spiro atoms. The Hall–Kier alpha value is -3.15.